The van der Waals surface area contributed by atoms with Crippen LogP contribution >= 0.6 is 11.3 Å². The van der Waals surface area contributed by atoms with Gasteiger partial charge >= 0.3 is 0 Å². The topological polar surface area (TPSA) is 12.9 Å². The van der Waals surface area contributed by atoms with E-state index in [2.05, 4.69) is 4.98 Å². The molecule has 1 aromatic heterocycles. The number of halogens is 2. The summed E-state index contributed by atoms with van der Waals surface area (Å²) < 4.78 is 25.9. The van der Waals surface area contributed by atoms with E-state index in [0.29, 0.717) is 12.0 Å². The fourth-order valence-electron chi connectivity index (χ4n) is 1.34. The van der Waals surface area contributed by atoms with Gasteiger partial charge in [0.25, 0.3) is 0 Å². The highest BCUT2D eigenvalue weighted by molar-refractivity contribution is 7.11. The van der Waals surface area contributed by atoms with Crippen molar-refractivity contribution in [1.29, 1.82) is 0 Å². The molecule has 0 unspecified atom stereocenters. The maximum absolute atomic E-state index is 13.3. The Morgan fingerprint density at radius 3 is 2.47 bits per heavy atom. The van der Waals surface area contributed by atoms with Crippen LogP contribution in [0.2, 0.25) is 0 Å². The molecule has 0 aliphatic carbocycles. The number of aryl methyl sites for hydroxylation is 1. The van der Waals surface area contributed by atoms with Gasteiger partial charge in [0.15, 0.2) is 0 Å². The number of aromatic nitrogens is 1. The van der Waals surface area contributed by atoms with Crippen LogP contribution in [0.25, 0.3) is 0 Å². The number of rotatable bonds is 2. The zero-order chi connectivity index (χ0) is 12.8. The third kappa shape index (κ3) is 3.89. The zero-order valence-corrected chi connectivity index (χ0v) is 10.9. The minimum atomic E-state index is -0.545. The van der Waals surface area contributed by atoms with Crippen LogP contribution in [0.3, 0.4) is 0 Å². The summed E-state index contributed by atoms with van der Waals surface area (Å²) in [5, 5.41) is 0.951. The first-order chi connectivity index (χ1) is 8.15. The number of nitrogens with zero attached hydrogens (tertiary/aromatic N) is 1. The summed E-state index contributed by atoms with van der Waals surface area (Å²) in [6.45, 7) is 5.90. The predicted octanol–water partition coefficient (Wildman–Crippen LogP) is 4.35. The largest absolute Gasteiger partial charge is 0.250 e. The first-order valence-corrected chi connectivity index (χ1v) is 6.32. The number of hydrogen-bond acceptors (Lipinski definition) is 2. The molecule has 0 N–H and O–H groups in total. The molecule has 0 bridgehead atoms. The van der Waals surface area contributed by atoms with E-state index in [9.17, 15) is 8.78 Å². The van der Waals surface area contributed by atoms with Gasteiger partial charge in [-0.3, -0.25) is 0 Å². The number of benzene rings is 1. The van der Waals surface area contributed by atoms with Crippen LogP contribution in [-0.4, -0.2) is 4.98 Å². The van der Waals surface area contributed by atoms with Crippen LogP contribution in [0.5, 0.6) is 0 Å². The summed E-state index contributed by atoms with van der Waals surface area (Å²) in [4.78, 5) is 5.07. The average molecular weight is 255 g/mol. The van der Waals surface area contributed by atoms with E-state index in [4.69, 9.17) is 0 Å². The van der Waals surface area contributed by atoms with Crippen molar-refractivity contribution < 1.29 is 8.78 Å². The molecule has 17 heavy (non-hydrogen) atoms. The van der Waals surface area contributed by atoms with Crippen LogP contribution in [0, 0.1) is 18.6 Å². The fourth-order valence-corrected chi connectivity index (χ4v) is 2.16. The van der Waals surface area contributed by atoms with E-state index >= 15 is 0 Å². The van der Waals surface area contributed by atoms with Gasteiger partial charge in [-0.25, -0.2) is 13.8 Å². The first kappa shape index (κ1) is 13.8. The van der Waals surface area contributed by atoms with Crippen molar-refractivity contribution in [3.8, 4) is 0 Å². The van der Waals surface area contributed by atoms with Crippen molar-refractivity contribution in [2.75, 3.05) is 0 Å². The van der Waals surface area contributed by atoms with Crippen molar-refractivity contribution in [2.24, 2.45) is 0 Å². The molecule has 0 saturated carbocycles. The molecule has 0 spiro atoms. The summed E-state index contributed by atoms with van der Waals surface area (Å²) in [6, 6.07) is 3.65. The molecule has 0 radical (unpaired) electrons. The predicted molar refractivity (Wildman–Crippen MR) is 67.4 cm³/mol. The van der Waals surface area contributed by atoms with Gasteiger partial charge in [-0.15, -0.1) is 11.3 Å². The highest BCUT2D eigenvalue weighted by Crippen LogP contribution is 2.18. The van der Waals surface area contributed by atoms with Gasteiger partial charge in [0.05, 0.1) is 5.01 Å². The maximum atomic E-state index is 13.3. The highest BCUT2D eigenvalue weighted by Gasteiger charge is 2.06. The second-order valence-electron chi connectivity index (χ2n) is 3.26. The van der Waals surface area contributed by atoms with Crippen LogP contribution in [0.4, 0.5) is 8.78 Å². The standard InChI is InChI=1S/C11H9F2NS.C2H6/c1-7-14-6-10(15-7)4-8-2-3-9(12)5-11(8)13;1-2/h2-3,5-6H,4H2,1H3;1-2H3. The second kappa shape index (κ2) is 6.45. The zero-order valence-electron chi connectivity index (χ0n) is 10.1. The summed E-state index contributed by atoms with van der Waals surface area (Å²) in [7, 11) is 0. The van der Waals surface area contributed by atoms with Crippen LogP contribution in [-0.2, 0) is 6.42 Å². The lowest BCUT2D eigenvalue weighted by molar-refractivity contribution is 0.575. The van der Waals surface area contributed by atoms with E-state index < -0.39 is 11.6 Å². The Kier molecular flexibility index (Phi) is 5.22. The van der Waals surface area contributed by atoms with E-state index in [1.54, 1.807) is 6.20 Å². The third-order valence-corrected chi connectivity index (χ3v) is 2.96. The normalized spacial score (nSPS) is 9.71. The Balaban J connectivity index is 0.000000686. The highest BCUT2D eigenvalue weighted by atomic mass is 32.1. The second-order valence-corrected chi connectivity index (χ2v) is 4.58. The van der Waals surface area contributed by atoms with Crippen LogP contribution in [0.1, 0.15) is 29.3 Å². The molecule has 4 heteroatoms. The molecule has 0 aliphatic rings. The lowest BCUT2D eigenvalue weighted by atomic mass is 10.1. The van der Waals surface area contributed by atoms with Gasteiger partial charge in [-0.2, -0.15) is 0 Å². The Hall–Kier alpha value is -1.29. The Bertz CT molecular complexity index is 480. The van der Waals surface area contributed by atoms with Crippen molar-refractivity contribution in [2.45, 2.75) is 27.2 Å². The van der Waals surface area contributed by atoms with Crippen molar-refractivity contribution in [1.82, 2.24) is 4.98 Å². The van der Waals surface area contributed by atoms with Gasteiger partial charge in [0.1, 0.15) is 11.6 Å². The summed E-state index contributed by atoms with van der Waals surface area (Å²) in [5.41, 5.74) is 0.500. The molecule has 0 amide bonds. The summed E-state index contributed by atoms with van der Waals surface area (Å²) >= 11 is 1.52. The third-order valence-electron chi connectivity index (χ3n) is 2.05. The molecule has 2 aromatic rings. The van der Waals surface area contributed by atoms with Crippen LogP contribution in [0.15, 0.2) is 24.4 Å². The van der Waals surface area contributed by atoms with E-state index in [-0.39, 0.29) is 0 Å². The molecule has 0 aliphatic heterocycles. The van der Waals surface area contributed by atoms with Gasteiger partial charge in [-0.05, 0) is 18.6 Å². The minimum absolute atomic E-state index is 0.470. The van der Waals surface area contributed by atoms with E-state index in [1.165, 1.54) is 23.5 Å². The molecule has 0 fully saturated rings. The molecule has 1 heterocycles. The van der Waals surface area contributed by atoms with E-state index in [1.807, 2.05) is 20.8 Å². The lowest BCUT2D eigenvalue weighted by Crippen LogP contribution is -1.91. The molecule has 0 saturated heterocycles. The van der Waals surface area contributed by atoms with Gasteiger partial charge < -0.3 is 0 Å². The lowest BCUT2D eigenvalue weighted by Gasteiger charge is -2.00. The van der Waals surface area contributed by atoms with Crippen molar-refractivity contribution in [3.05, 3.63) is 51.5 Å². The molecular weight excluding hydrogens is 240 g/mol. The fraction of sp³-hybridized carbons (Fsp3) is 0.308. The summed E-state index contributed by atoms with van der Waals surface area (Å²) in [6.07, 6.45) is 2.19. The molecular formula is C13H15F2NS. The molecule has 1 nitrogen and oxygen atoms in total. The molecule has 0 atom stereocenters. The monoisotopic (exact) mass is 255 g/mol. The van der Waals surface area contributed by atoms with Gasteiger partial charge in [-0.1, -0.05) is 19.9 Å². The van der Waals surface area contributed by atoms with E-state index in [0.717, 1.165) is 16.0 Å². The number of hydrogen-bond donors (Lipinski definition) is 0. The van der Waals surface area contributed by atoms with Gasteiger partial charge in [0, 0.05) is 23.6 Å². The van der Waals surface area contributed by atoms with Crippen molar-refractivity contribution in [3.63, 3.8) is 0 Å². The summed E-state index contributed by atoms with van der Waals surface area (Å²) in [5.74, 6) is -1.04. The average Bonchev–Trinajstić information content (AvgIpc) is 2.71. The Labute approximate surface area is 104 Å². The number of thiazole rings is 1. The quantitative estimate of drug-likeness (QED) is 0.777. The molecule has 92 valence electrons. The van der Waals surface area contributed by atoms with Crippen molar-refractivity contribution >= 4 is 11.3 Å². The Morgan fingerprint density at radius 1 is 1.24 bits per heavy atom. The Morgan fingerprint density at radius 2 is 1.94 bits per heavy atom. The SMILES string of the molecule is CC.Cc1ncc(Cc2ccc(F)cc2F)s1. The first-order valence-electron chi connectivity index (χ1n) is 5.50. The van der Waals surface area contributed by atoms with Gasteiger partial charge in [0.2, 0.25) is 0 Å². The maximum Gasteiger partial charge on any atom is 0.129 e. The minimum Gasteiger partial charge on any atom is -0.250 e. The smallest absolute Gasteiger partial charge is 0.129 e. The molecule has 1 aromatic carbocycles. The molecule has 2 rings (SSSR count). The van der Waals surface area contributed by atoms with Crippen LogP contribution < -0.4 is 0 Å².